The van der Waals surface area contributed by atoms with Crippen LogP contribution in [0.4, 0.5) is 0 Å². The molecular formula is C11H18OS. The van der Waals surface area contributed by atoms with Gasteiger partial charge in [0, 0.05) is 10.7 Å². The van der Waals surface area contributed by atoms with Crippen molar-refractivity contribution >= 4 is 16.9 Å². The SMILES string of the molecule is CC1C(=O)SC2(C)CCCCC12C. The standard InChI is InChI=1S/C11H18OS/c1-8-9(12)13-11(3)7-5-4-6-10(8,11)2/h8H,4-7H2,1-3H3. The lowest BCUT2D eigenvalue weighted by Crippen LogP contribution is -2.43. The molecule has 1 saturated heterocycles. The maximum Gasteiger partial charge on any atom is 0.192 e. The number of thioether (sulfide) groups is 1. The molecule has 1 nitrogen and oxygen atoms in total. The fourth-order valence-corrected chi connectivity index (χ4v) is 4.56. The summed E-state index contributed by atoms with van der Waals surface area (Å²) in [6, 6.07) is 0. The van der Waals surface area contributed by atoms with Crippen molar-refractivity contribution in [3.63, 3.8) is 0 Å². The van der Waals surface area contributed by atoms with Gasteiger partial charge in [-0.05, 0) is 25.2 Å². The van der Waals surface area contributed by atoms with Crippen molar-refractivity contribution in [1.29, 1.82) is 0 Å². The summed E-state index contributed by atoms with van der Waals surface area (Å²) < 4.78 is 0.238. The Kier molecular flexibility index (Phi) is 2.03. The van der Waals surface area contributed by atoms with E-state index in [1.54, 1.807) is 11.8 Å². The van der Waals surface area contributed by atoms with Crippen LogP contribution >= 0.6 is 11.8 Å². The molecule has 2 rings (SSSR count). The zero-order chi connectivity index (χ0) is 9.69. The molecule has 0 aromatic heterocycles. The third-order valence-corrected chi connectivity index (χ3v) is 6.12. The second-order valence-electron chi connectivity index (χ2n) is 5.00. The van der Waals surface area contributed by atoms with Crippen LogP contribution in [0.2, 0.25) is 0 Å². The predicted molar refractivity (Wildman–Crippen MR) is 56.7 cm³/mol. The summed E-state index contributed by atoms with van der Waals surface area (Å²) in [6.45, 7) is 6.72. The summed E-state index contributed by atoms with van der Waals surface area (Å²) in [5.74, 6) is 0.266. The Bertz CT molecular complexity index is 250. The molecule has 0 bridgehead atoms. The number of rotatable bonds is 0. The summed E-state index contributed by atoms with van der Waals surface area (Å²) in [4.78, 5) is 11.7. The molecule has 3 atom stereocenters. The van der Waals surface area contributed by atoms with Gasteiger partial charge >= 0.3 is 0 Å². The van der Waals surface area contributed by atoms with Crippen molar-refractivity contribution in [3.05, 3.63) is 0 Å². The second kappa shape index (κ2) is 2.75. The maximum absolute atomic E-state index is 11.7. The molecule has 1 aliphatic heterocycles. The molecule has 2 fully saturated rings. The van der Waals surface area contributed by atoms with Gasteiger partial charge in [0.15, 0.2) is 5.12 Å². The first-order valence-electron chi connectivity index (χ1n) is 5.22. The largest absolute Gasteiger partial charge is 0.287 e. The van der Waals surface area contributed by atoms with Crippen molar-refractivity contribution in [2.45, 2.75) is 51.2 Å². The predicted octanol–water partition coefficient (Wildman–Crippen LogP) is 3.23. The van der Waals surface area contributed by atoms with Crippen LogP contribution in [-0.2, 0) is 4.79 Å². The second-order valence-corrected chi connectivity index (χ2v) is 6.51. The van der Waals surface area contributed by atoms with Crippen molar-refractivity contribution in [1.82, 2.24) is 0 Å². The van der Waals surface area contributed by atoms with Crippen LogP contribution in [0.15, 0.2) is 0 Å². The monoisotopic (exact) mass is 198 g/mol. The third kappa shape index (κ3) is 1.11. The molecule has 1 aliphatic carbocycles. The molecule has 0 aromatic carbocycles. The fraction of sp³-hybridized carbons (Fsp3) is 0.909. The van der Waals surface area contributed by atoms with Gasteiger partial charge in [0.1, 0.15) is 0 Å². The Morgan fingerprint density at radius 2 is 1.92 bits per heavy atom. The molecule has 0 N–H and O–H groups in total. The van der Waals surface area contributed by atoms with Crippen molar-refractivity contribution in [3.8, 4) is 0 Å². The minimum Gasteiger partial charge on any atom is -0.287 e. The van der Waals surface area contributed by atoms with Gasteiger partial charge in [-0.2, -0.15) is 0 Å². The highest BCUT2D eigenvalue weighted by Gasteiger charge is 2.58. The van der Waals surface area contributed by atoms with E-state index in [0.29, 0.717) is 5.12 Å². The summed E-state index contributed by atoms with van der Waals surface area (Å²) >= 11 is 1.62. The van der Waals surface area contributed by atoms with E-state index < -0.39 is 0 Å². The smallest absolute Gasteiger partial charge is 0.192 e. The van der Waals surface area contributed by atoms with Crippen molar-refractivity contribution in [2.75, 3.05) is 0 Å². The Morgan fingerprint density at radius 3 is 2.54 bits per heavy atom. The van der Waals surface area contributed by atoms with Gasteiger partial charge in [0.2, 0.25) is 0 Å². The Morgan fingerprint density at radius 1 is 1.31 bits per heavy atom. The van der Waals surface area contributed by atoms with Crippen LogP contribution < -0.4 is 0 Å². The highest BCUT2D eigenvalue weighted by atomic mass is 32.2. The Hall–Kier alpha value is 0.0200. The molecule has 74 valence electrons. The van der Waals surface area contributed by atoms with Gasteiger partial charge in [-0.25, -0.2) is 0 Å². The number of hydrogen-bond acceptors (Lipinski definition) is 2. The lowest BCUT2D eigenvalue weighted by Gasteiger charge is -2.45. The average molecular weight is 198 g/mol. The molecule has 1 heterocycles. The highest BCUT2D eigenvalue weighted by molar-refractivity contribution is 8.15. The van der Waals surface area contributed by atoms with Crippen LogP contribution in [0, 0.1) is 11.3 Å². The molecule has 3 unspecified atom stereocenters. The molecule has 13 heavy (non-hydrogen) atoms. The lowest BCUT2D eigenvalue weighted by atomic mass is 9.62. The van der Waals surface area contributed by atoms with Crippen LogP contribution in [0.25, 0.3) is 0 Å². The molecule has 1 saturated carbocycles. The number of carbonyl (C=O) groups is 1. The minimum atomic E-state index is 0.238. The summed E-state index contributed by atoms with van der Waals surface area (Å²) in [6.07, 6.45) is 5.08. The lowest BCUT2D eigenvalue weighted by molar-refractivity contribution is -0.116. The van der Waals surface area contributed by atoms with Crippen molar-refractivity contribution < 1.29 is 4.79 Å². The Labute approximate surface area is 84.7 Å². The fourth-order valence-electron chi connectivity index (χ4n) is 2.92. The van der Waals surface area contributed by atoms with E-state index in [1.165, 1.54) is 25.7 Å². The van der Waals surface area contributed by atoms with E-state index >= 15 is 0 Å². The van der Waals surface area contributed by atoms with E-state index in [0.717, 1.165) is 0 Å². The molecule has 0 amide bonds. The van der Waals surface area contributed by atoms with E-state index in [2.05, 4.69) is 20.8 Å². The quantitative estimate of drug-likeness (QED) is 0.594. The third-order valence-electron chi connectivity index (χ3n) is 4.44. The van der Waals surface area contributed by atoms with E-state index in [4.69, 9.17) is 0 Å². The van der Waals surface area contributed by atoms with Gasteiger partial charge in [-0.15, -0.1) is 0 Å². The Balaban J connectivity index is 2.38. The van der Waals surface area contributed by atoms with Crippen LogP contribution in [0.5, 0.6) is 0 Å². The zero-order valence-corrected chi connectivity index (χ0v) is 9.54. The topological polar surface area (TPSA) is 17.1 Å². The maximum atomic E-state index is 11.7. The number of fused-ring (bicyclic) bond motifs is 1. The van der Waals surface area contributed by atoms with Gasteiger partial charge in [-0.1, -0.05) is 38.5 Å². The average Bonchev–Trinajstić information content (AvgIpc) is 2.25. The van der Waals surface area contributed by atoms with E-state index in [9.17, 15) is 4.79 Å². The van der Waals surface area contributed by atoms with Gasteiger partial charge < -0.3 is 0 Å². The summed E-state index contributed by atoms with van der Waals surface area (Å²) in [7, 11) is 0. The summed E-state index contributed by atoms with van der Waals surface area (Å²) in [5.41, 5.74) is 0.271. The first-order chi connectivity index (χ1) is 6.00. The molecular weight excluding hydrogens is 180 g/mol. The van der Waals surface area contributed by atoms with Gasteiger partial charge in [-0.3, -0.25) is 4.79 Å². The normalized spacial score (nSPS) is 50.7. The first kappa shape index (κ1) is 9.57. The number of carbonyl (C=O) groups excluding carboxylic acids is 1. The summed E-state index contributed by atoms with van der Waals surface area (Å²) in [5, 5.41) is 0.423. The highest BCUT2D eigenvalue weighted by Crippen LogP contribution is 2.62. The molecule has 2 heteroatoms. The van der Waals surface area contributed by atoms with E-state index in [-0.39, 0.29) is 16.1 Å². The molecule has 2 aliphatic rings. The zero-order valence-electron chi connectivity index (χ0n) is 8.72. The van der Waals surface area contributed by atoms with Crippen molar-refractivity contribution in [2.24, 2.45) is 11.3 Å². The molecule has 0 radical (unpaired) electrons. The number of hydrogen-bond donors (Lipinski definition) is 0. The van der Waals surface area contributed by atoms with Crippen LogP contribution in [0.3, 0.4) is 0 Å². The minimum absolute atomic E-state index is 0.238. The van der Waals surface area contributed by atoms with Crippen LogP contribution in [0.1, 0.15) is 46.5 Å². The van der Waals surface area contributed by atoms with Crippen LogP contribution in [-0.4, -0.2) is 9.86 Å². The van der Waals surface area contributed by atoms with E-state index in [1.807, 2.05) is 0 Å². The first-order valence-corrected chi connectivity index (χ1v) is 6.04. The van der Waals surface area contributed by atoms with Gasteiger partial charge in [0.05, 0.1) is 0 Å². The molecule has 0 aromatic rings. The molecule has 0 spiro atoms. The van der Waals surface area contributed by atoms with Gasteiger partial charge in [0.25, 0.3) is 0 Å².